The highest BCUT2D eigenvalue weighted by Gasteiger charge is 2.26. The maximum Gasteiger partial charge on any atom is 0.272 e. The molecular weight excluding hydrogens is 310 g/mol. The fourth-order valence-corrected chi connectivity index (χ4v) is 2.65. The molecule has 98 valence electrons. The number of carbonyl (C=O) groups excluding carboxylic acids is 1. The number of likely N-dealkylation sites (tertiary alicyclic amines) is 1. The van der Waals surface area contributed by atoms with Crippen LogP contribution >= 0.6 is 15.9 Å². The molecule has 2 aromatic heterocycles. The predicted molar refractivity (Wildman–Crippen MR) is 73.8 cm³/mol. The van der Waals surface area contributed by atoms with Gasteiger partial charge in [-0.2, -0.15) is 0 Å². The lowest BCUT2D eigenvalue weighted by atomic mass is 10.2. The van der Waals surface area contributed by atoms with Crippen molar-refractivity contribution in [1.82, 2.24) is 14.9 Å². The highest BCUT2D eigenvalue weighted by atomic mass is 79.9. The largest absolute Gasteiger partial charge is 0.391 e. The summed E-state index contributed by atoms with van der Waals surface area (Å²) in [7, 11) is 0. The van der Waals surface area contributed by atoms with E-state index in [0.717, 1.165) is 15.4 Å². The molecule has 2 aromatic rings. The summed E-state index contributed by atoms with van der Waals surface area (Å²) in [6, 6.07) is 3.53. The Kier molecular flexibility index (Phi) is 3.20. The van der Waals surface area contributed by atoms with Crippen molar-refractivity contribution in [3.8, 4) is 0 Å². The van der Waals surface area contributed by atoms with Crippen LogP contribution in [0.15, 0.2) is 29.0 Å². The van der Waals surface area contributed by atoms with E-state index < -0.39 is 6.10 Å². The first-order chi connectivity index (χ1) is 9.15. The highest BCUT2D eigenvalue weighted by molar-refractivity contribution is 9.10. The molecule has 1 atom stereocenters. The van der Waals surface area contributed by atoms with Crippen molar-refractivity contribution in [2.75, 3.05) is 13.1 Å². The summed E-state index contributed by atoms with van der Waals surface area (Å²) in [5.74, 6) is -0.137. The number of pyridine rings is 2. The van der Waals surface area contributed by atoms with Gasteiger partial charge in [0, 0.05) is 30.9 Å². The summed E-state index contributed by atoms with van der Waals surface area (Å²) < 4.78 is 0.765. The van der Waals surface area contributed by atoms with Crippen molar-refractivity contribution in [3.63, 3.8) is 0 Å². The fourth-order valence-electron chi connectivity index (χ4n) is 2.22. The van der Waals surface area contributed by atoms with E-state index in [1.807, 2.05) is 6.07 Å². The van der Waals surface area contributed by atoms with Crippen LogP contribution in [0.5, 0.6) is 0 Å². The number of β-amino-alcohol motifs (C(OH)–C–C–N with tert-alkyl or cyclic N) is 1. The first kappa shape index (κ1) is 12.5. The molecule has 3 rings (SSSR count). The average Bonchev–Trinajstić information content (AvgIpc) is 2.85. The number of carbonyl (C=O) groups is 1. The van der Waals surface area contributed by atoms with Crippen molar-refractivity contribution < 1.29 is 9.90 Å². The number of aliphatic hydroxyl groups excluding tert-OH is 1. The molecule has 1 aliphatic rings. The molecule has 0 spiro atoms. The van der Waals surface area contributed by atoms with Gasteiger partial charge in [0.1, 0.15) is 5.69 Å². The third kappa shape index (κ3) is 2.33. The number of nitrogens with zero attached hydrogens (tertiary/aromatic N) is 3. The lowest BCUT2D eigenvalue weighted by Gasteiger charge is -2.15. The quantitative estimate of drug-likeness (QED) is 0.866. The van der Waals surface area contributed by atoms with E-state index >= 15 is 0 Å². The zero-order chi connectivity index (χ0) is 13.4. The van der Waals surface area contributed by atoms with E-state index in [9.17, 15) is 9.90 Å². The number of rotatable bonds is 1. The molecule has 0 radical (unpaired) electrons. The van der Waals surface area contributed by atoms with Gasteiger partial charge in [-0.25, -0.2) is 4.98 Å². The number of hydrogen-bond acceptors (Lipinski definition) is 4. The van der Waals surface area contributed by atoms with Gasteiger partial charge in [-0.05, 0) is 34.5 Å². The Balaban J connectivity index is 1.97. The minimum Gasteiger partial charge on any atom is -0.391 e. The molecule has 0 bridgehead atoms. The van der Waals surface area contributed by atoms with Gasteiger partial charge in [0.05, 0.1) is 16.1 Å². The molecule has 5 nitrogen and oxygen atoms in total. The van der Waals surface area contributed by atoms with Gasteiger partial charge in [-0.15, -0.1) is 0 Å². The van der Waals surface area contributed by atoms with E-state index in [-0.39, 0.29) is 5.91 Å². The number of amides is 1. The summed E-state index contributed by atoms with van der Waals surface area (Å²) in [6.45, 7) is 0.966. The van der Waals surface area contributed by atoms with Gasteiger partial charge >= 0.3 is 0 Å². The fraction of sp³-hybridized carbons (Fsp3) is 0.308. The van der Waals surface area contributed by atoms with Crippen molar-refractivity contribution in [2.24, 2.45) is 0 Å². The van der Waals surface area contributed by atoms with Gasteiger partial charge in [-0.3, -0.25) is 9.78 Å². The second-order valence-corrected chi connectivity index (χ2v) is 5.44. The zero-order valence-corrected chi connectivity index (χ0v) is 11.7. The number of aliphatic hydroxyl groups is 1. The number of hydrogen-bond donors (Lipinski definition) is 1. The number of aromatic nitrogens is 2. The van der Waals surface area contributed by atoms with Gasteiger partial charge in [0.2, 0.25) is 0 Å². The van der Waals surface area contributed by atoms with E-state index in [4.69, 9.17) is 0 Å². The Labute approximate surface area is 118 Å². The van der Waals surface area contributed by atoms with Crippen LogP contribution in [0.1, 0.15) is 16.9 Å². The SMILES string of the molecule is O=C(c1ccc2cncc(Br)c2n1)N1CCC(O)C1. The summed E-state index contributed by atoms with van der Waals surface area (Å²) in [5.41, 5.74) is 1.12. The first-order valence-electron chi connectivity index (χ1n) is 6.03. The molecule has 19 heavy (non-hydrogen) atoms. The second kappa shape index (κ2) is 4.86. The molecular formula is C13H12BrN3O2. The average molecular weight is 322 g/mol. The summed E-state index contributed by atoms with van der Waals surface area (Å²) in [5, 5.41) is 10.4. The molecule has 1 unspecified atom stereocenters. The predicted octanol–water partition coefficient (Wildman–Crippen LogP) is 1.60. The molecule has 3 heterocycles. The van der Waals surface area contributed by atoms with Crippen molar-refractivity contribution in [3.05, 3.63) is 34.7 Å². The van der Waals surface area contributed by atoms with Crippen LogP contribution in [-0.4, -0.2) is 45.1 Å². The molecule has 1 fully saturated rings. The summed E-state index contributed by atoms with van der Waals surface area (Å²) in [6.07, 6.45) is 3.58. The van der Waals surface area contributed by atoms with Gasteiger partial charge in [0.15, 0.2) is 0 Å². The van der Waals surface area contributed by atoms with Crippen molar-refractivity contribution in [1.29, 1.82) is 0 Å². The molecule has 1 N–H and O–H groups in total. The lowest BCUT2D eigenvalue weighted by molar-refractivity contribution is 0.0759. The van der Waals surface area contributed by atoms with Crippen LogP contribution < -0.4 is 0 Å². The third-order valence-corrected chi connectivity index (χ3v) is 3.80. The molecule has 0 aromatic carbocycles. The van der Waals surface area contributed by atoms with Crippen molar-refractivity contribution >= 4 is 32.7 Å². The standard InChI is InChI=1S/C13H12BrN3O2/c14-10-6-15-5-8-1-2-11(16-12(8)10)13(19)17-4-3-9(18)7-17/h1-2,5-6,9,18H,3-4,7H2. The topological polar surface area (TPSA) is 66.3 Å². The van der Waals surface area contributed by atoms with E-state index in [1.165, 1.54) is 0 Å². The van der Waals surface area contributed by atoms with Gasteiger partial charge < -0.3 is 10.0 Å². The smallest absolute Gasteiger partial charge is 0.272 e. The van der Waals surface area contributed by atoms with E-state index in [1.54, 1.807) is 23.4 Å². The number of fused-ring (bicyclic) bond motifs is 1. The minimum absolute atomic E-state index is 0.137. The maximum atomic E-state index is 12.3. The third-order valence-electron chi connectivity index (χ3n) is 3.22. The van der Waals surface area contributed by atoms with Crippen molar-refractivity contribution in [2.45, 2.75) is 12.5 Å². The normalized spacial score (nSPS) is 19.1. The van der Waals surface area contributed by atoms with Gasteiger partial charge in [-0.1, -0.05) is 0 Å². The Bertz CT molecular complexity index is 647. The summed E-state index contributed by atoms with van der Waals surface area (Å²) in [4.78, 5) is 22.3. The molecule has 1 amide bonds. The first-order valence-corrected chi connectivity index (χ1v) is 6.82. The van der Waals surface area contributed by atoms with E-state index in [0.29, 0.717) is 25.2 Å². The molecule has 1 saturated heterocycles. The Hall–Kier alpha value is -1.53. The molecule has 0 aliphatic carbocycles. The van der Waals surface area contributed by atoms with Gasteiger partial charge in [0.25, 0.3) is 5.91 Å². The zero-order valence-electron chi connectivity index (χ0n) is 10.1. The van der Waals surface area contributed by atoms with Crippen LogP contribution in [0.4, 0.5) is 0 Å². The lowest BCUT2D eigenvalue weighted by Crippen LogP contribution is -2.30. The maximum absolute atomic E-state index is 12.3. The second-order valence-electron chi connectivity index (χ2n) is 4.58. The minimum atomic E-state index is -0.416. The molecule has 6 heteroatoms. The van der Waals surface area contributed by atoms with E-state index in [2.05, 4.69) is 25.9 Å². The van der Waals surface area contributed by atoms with Crippen LogP contribution in [-0.2, 0) is 0 Å². The van der Waals surface area contributed by atoms with Crippen LogP contribution in [0.25, 0.3) is 10.9 Å². The van der Waals surface area contributed by atoms with Crippen LogP contribution in [0.2, 0.25) is 0 Å². The Morgan fingerprint density at radius 3 is 3.00 bits per heavy atom. The summed E-state index contributed by atoms with van der Waals surface area (Å²) >= 11 is 3.38. The monoisotopic (exact) mass is 321 g/mol. The van der Waals surface area contributed by atoms with Crippen LogP contribution in [0.3, 0.4) is 0 Å². The number of halogens is 1. The molecule has 1 aliphatic heterocycles. The molecule has 0 saturated carbocycles. The highest BCUT2D eigenvalue weighted by Crippen LogP contribution is 2.21. The van der Waals surface area contributed by atoms with Crippen LogP contribution in [0, 0.1) is 0 Å². The Morgan fingerprint density at radius 2 is 2.26 bits per heavy atom. The Morgan fingerprint density at radius 1 is 1.42 bits per heavy atom.